The number of benzene rings is 1. The molecule has 0 atom stereocenters. The predicted molar refractivity (Wildman–Crippen MR) is 59.5 cm³/mol. The number of fused-ring (bicyclic) bond motifs is 1. The van der Waals surface area contributed by atoms with Crippen molar-refractivity contribution in [3.05, 3.63) is 35.0 Å². The van der Waals surface area contributed by atoms with Gasteiger partial charge in [-0.1, -0.05) is 11.6 Å². The van der Waals surface area contributed by atoms with Gasteiger partial charge >= 0.3 is 0 Å². The van der Waals surface area contributed by atoms with E-state index in [1.807, 2.05) is 0 Å². The van der Waals surface area contributed by atoms with Crippen LogP contribution in [-0.4, -0.2) is 19.4 Å². The summed E-state index contributed by atoms with van der Waals surface area (Å²) in [6, 6.07) is 5.19. The molecule has 4 heteroatoms. The molecule has 0 unspecified atom stereocenters. The van der Waals surface area contributed by atoms with Crippen LogP contribution in [0.1, 0.15) is 10.4 Å². The number of likely N-dealkylation sites (N-methyl/N-ethyl adjacent to an activating group) is 1. The highest BCUT2D eigenvalue weighted by atomic mass is 35.5. The minimum absolute atomic E-state index is 0.0329. The molecule has 0 aliphatic rings. The maximum Gasteiger partial charge on any atom is 0.178 e. The van der Waals surface area contributed by atoms with E-state index < -0.39 is 0 Å². The van der Waals surface area contributed by atoms with Crippen LogP contribution < -0.4 is 5.32 Å². The lowest BCUT2D eigenvalue weighted by atomic mass is 10.1. The van der Waals surface area contributed by atoms with E-state index in [2.05, 4.69) is 5.32 Å². The molecule has 0 aliphatic carbocycles. The molecular formula is C11H10ClNO2. The number of carbonyl (C=O) groups is 1. The van der Waals surface area contributed by atoms with Crippen molar-refractivity contribution in [2.24, 2.45) is 0 Å². The summed E-state index contributed by atoms with van der Waals surface area (Å²) < 4.78 is 5.21. The summed E-state index contributed by atoms with van der Waals surface area (Å²) in [4.78, 5) is 11.8. The van der Waals surface area contributed by atoms with Crippen molar-refractivity contribution in [3.63, 3.8) is 0 Å². The SMILES string of the molecule is CNCC(=O)c1c(Cl)ccc2occc12. The molecule has 0 amide bonds. The Morgan fingerprint density at radius 1 is 1.47 bits per heavy atom. The van der Waals surface area contributed by atoms with Crippen molar-refractivity contribution in [1.82, 2.24) is 5.32 Å². The van der Waals surface area contributed by atoms with Crippen molar-refractivity contribution in [2.75, 3.05) is 13.6 Å². The Kier molecular flexibility index (Phi) is 2.75. The Balaban J connectivity index is 2.61. The summed E-state index contributed by atoms with van der Waals surface area (Å²) in [5.74, 6) is -0.0329. The molecule has 78 valence electrons. The lowest BCUT2D eigenvalue weighted by Gasteiger charge is -2.03. The van der Waals surface area contributed by atoms with Gasteiger partial charge in [0.25, 0.3) is 0 Å². The van der Waals surface area contributed by atoms with Crippen LogP contribution in [-0.2, 0) is 0 Å². The predicted octanol–water partition coefficient (Wildman–Crippen LogP) is 2.49. The van der Waals surface area contributed by atoms with E-state index in [-0.39, 0.29) is 12.3 Å². The molecule has 2 rings (SSSR count). The summed E-state index contributed by atoms with van der Waals surface area (Å²) in [5, 5.41) is 4.04. The van der Waals surface area contributed by atoms with Gasteiger partial charge in [-0.3, -0.25) is 4.79 Å². The van der Waals surface area contributed by atoms with Crippen molar-refractivity contribution in [1.29, 1.82) is 0 Å². The first-order valence-electron chi connectivity index (χ1n) is 4.57. The third-order valence-corrected chi connectivity index (χ3v) is 2.52. The van der Waals surface area contributed by atoms with E-state index in [0.717, 1.165) is 5.39 Å². The minimum atomic E-state index is -0.0329. The van der Waals surface area contributed by atoms with Gasteiger partial charge in [-0.2, -0.15) is 0 Å². The van der Waals surface area contributed by atoms with Crippen LogP contribution >= 0.6 is 11.6 Å². The van der Waals surface area contributed by atoms with E-state index in [0.29, 0.717) is 16.2 Å². The van der Waals surface area contributed by atoms with E-state index in [1.54, 1.807) is 31.5 Å². The first-order valence-corrected chi connectivity index (χ1v) is 4.95. The van der Waals surface area contributed by atoms with E-state index in [1.165, 1.54) is 0 Å². The first-order chi connectivity index (χ1) is 7.24. The molecule has 1 heterocycles. The van der Waals surface area contributed by atoms with Gasteiger partial charge in [0.15, 0.2) is 5.78 Å². The van der Waals surface area contributed by atoms with Crippen LogP contribution in [0.15, 0.2) is 28.9 Å². The normalized spacial score (nSPS) is 10.8. The first kappa shape index (κ1) is 10.2. The summed E-state index contributed by atoms with van der Waals surface area (Å²) in [6.45, 7) is 0.268. The summed E-state index contributed by atoms with van der Waals surface area (Å²) >= 11 is 6.00. The number of carbonyl (C=O) groups excluding carboxylic acids is 1. The van der Waals surface area contributed by atoms with Gasteiger partial charge in [-0.05, 0) is 25.2 Å². The fraction of sp³-hybridized carbons (Fsp3) is 0.182. The average molecular weight is 224 g/mol. The van der Waals surface area contributed by atoms with Gasteiger partial charge in [0.1, 0.15) is 5.58 Å². The van der Waals surface area contributed by atoms with Gasteiger partial charge in [0, 0.05) is 10.9 Å². The monoisotopic (exact) mass is 223 g/mol. The molecule has 0 aliphatic heterocycles. The van der Waals surface area contributed by atoms with Crippen LogP contribution in [0.25, 0.3) is 11.0 Å². The Bertz CT molecular complexity index is 504. The number of hydrogen-bond donors (Lipinski definition) is 1. The smallest absolute Gasteiger partial charge is 0.178 e. The molecule has 0 bridgehead atoms. The molecule has 0 saturated heterocycles. The van der Waals surface area contributed by atoms with E-state index in [4.69, 9.17) is 16.0 Å². The minimum Gasteiger partial charge on any atom is -0.464 e. The molecule has 1 N–H and O–H groups in total. The number of ketones is 1. The van der Waals surface area contributed by atoms with Crippen LogP contribution in [0.5, 0.6) is 0 Å². The maximum absolute atomic E-state index is 11.8. The summed E-state index contributed by atoms with van der Waals surface area (Å²) in [6.07, 6.45) is 1.55. The van der Waals surface area contributed by atoms with Gasteiger partial charge in [-0.25, -0.2) is 0 Å². The fourth-order valence-electron chi connectivity index (χ4n) is 1.55. The summed E-state index contributed by atoms with van der Waals surface area (Å²) in [7, 11) is 1.72. The van der Waals surface area contributed by atoms with Gasteiger partial charge in [-0.15, -0.1) is 0 Å². The molecule has 0 saturated carbocycles. The number of hydrogen-bond acceptors (Lipinski definition) is 3. The number of Topliss-reactive ketones (excluding diaryl/α,β-unsaturated/α-hetero) is 1. The zero-order chi connectivity index (χ0) is 10.8. The van der Waals surface area contributed by atoms with Crippen molar-refractivity contribution < 1.29 is 9.21 Å². The Morgan fingerprint density at radius 3 is 3.00 bits per heavy atom. The van der Waals surface area contributed by atoms with Crippen LogP contribution in [0.4, 0.5) is 0 Å². The molecule has 0 radical (unpaired) electrons. The zero-order valence-corrected chi connectivity index (χ0v) is 8.97. The van der Waals surface area contributed by atoms with E-state index >= 15 is 0 Å². The third kappa shape index (κ3) is 1.76. The molecule has 0 spiro atoms. The van der Waals surface area contributed by atoms with E-state index in [9.17, 15) is 4.79 Å². The van der Waals surface area contributed by atoms with Gasteiger partial charge in [0.05, 0.1) is 17.8 Å². The highest BCUT2D eigenvalue weighted by Crippen LogP contribution is 2.27. The Morgan fingerprint density at radius 2 is 2.27 bits per heavy atom. The van der Waals surface area contributed by atoms with Crippen molar-refractivity contribution in [3.8, 4) is 0 Å². The second-order valence-corrected chi connectivity index (χ2v) is 3.62. The standard InChI is InChI=1S/C11H10ClNO2/c1-13-6-9(14)11-7-4-5-15-10(7)3-2-8(11)12/h2-5,13H,6H2,1H3. The fourth-order valence-corrected chi connectivity index (χ4v) is 1.82. The Labute approximate surface area is 92.0 Å². The van der Waals surface area contributed by atoms with Crippen molar-refractivity contribution in [2.45, 2.75) is 0 Å². The molecule has 1 aromatic heterocycles. The maximum atomic E-state index is 11.8. The topological polar surface area (TPSA) is 42.2 Å². The molecule has 15 heavy (non-hydrogen) atoms. The molecular weight excluding hydrogens is 214 g/mol. The lowest BCUT2D eigenvalue weighted by Crippen LogP contribution is -2.19. The molecule has 0 fully saturated rings. The quantitative estimate of drug-likeness (QED) is 0.813. The van der Waals surface area contributed by atoms with Crippen LogP contribution in [0, 0.1) is 0 Å². The third-order valence-electron chi connectivity index (χ3n) is 2.20. The van der Waals surface area contributed by atoms with Crippen molar-refractivity contribution >= 4 is 28.4 Å². The highest BCUT2D eigenvalue weighted by Gasteiger charge is 2.14. The Hall–Kier alpha value is -1.32. The second kappa shape index (κ2) is 4.04. The lowest BCUT2D eigenvalue weighted by molar-refractivity contribution is 0.0995. The molecule has 2 aromatic rings. The molecule has 3 nitrogen and oxygen atoms in total. The second-order valence-electron chi connectivity index (χ2n) is 3.21. The number of rotatable bonds is 3. The largest absolute Gasteiger partial charge is 0.464 e. The number of furan rings is 1. The van der Waals surface area contributed by atoms with Gasteiger partial charge in [0.2, 0.25) is 0 Å². The van der Waals surface area contributed by atoms with Crippen LogP contribution in [0.3, 0.4) is 0 Å². The van der Waals surface area contributed by atoms with Gasteiger partial charge < -0.3 is 9.73 Å². The number of nitrogens with one attached hydrogen (secondary N) is 1. The highest BCUT2D eigenvalue weighted by molar-refractivity contribution is 6.35. The molecule has 1 aromatic carbocycles. The summed E-state index contributed by atoms with van der Waals surface area (Å²) in [5.41, 5.74) is 1.20. The number of halogens is 1. The average Bonchev–Trinajstić information content (AvgIpc) is 2.65. The zero-order valence-electron chi connectivity index (χ0n) is 8.21. The van der Waals surface area contributed by atoms with Crippen LogP contribution in [0.2, 0.25) is 5.02 Å².